The van der Waals surface area contributed by atoms with Gasteiger partial charge in [-0.25, -0.2) is 0 Å². The molecular weight excluding hydrogens is 194 g/mol. The van der Waals surface area contributed by atoms with Gasteiger partial charge in [-0.3, -0.25) is 0 Å². The molecule has 0 unspecified atom stereocenters. The van der Waals surface area contributed by atoms with Crippen molar-refractivity contribution in [2.75, 3.05) is 0 Å². The van der Waals surface area contributed by atoms with Crippen molar-refractivity contribution in [3.05, 3.63) is 72.9 Å². The van der Waals surface area contributed by atoms with Gasteiger partial charge in [-0.05, 0) is 12.1 Å². The highest BCUT2D eigenvalue weighted by molar-refractivity contribution is 5.75. The predicted octanol–water partition coefficient (Wildman–Crippen LogP) is 3.12. The normalized spacial score (nSPS) is 10.5. The molecule has 1 nitrogen and oxygen atoms in total. The standard InChI is InChI=1S/C15H12N/c1-2-9-14(10-3-1)16-12-6-8-13-7-4-5-11-15(13)16/h1-12H/q+1. The third-order valence-corrected chi connectivity index (χ3v) is 2.74. The van der Waals surface area contributed by atoms with E-state index < -0.39 is 0 Å². The maximum absolute atomic E-state index is 2.20. The first kappa shape index (κ1) is 9.10. The van der Waals surface area contributed by atoms with Crippen LogP contribution in [0.2, 0.25) is 0 Å². The second kappa shape index (κ2) is 3.78. The number of fused-ring (bicyclic) bond motifs is 1. The SMILES string of the molecule is c1ccc(-[n+]2cccc3ccccc32)cc1. The summed E-state index contributed by atoms with van der Waals surface area (Å²) >= 11 is 0. The summed E-state index contributed by atoms with van der Waals surface area (Å²) in [5.41, 5.74) is 2.43. The minimum atomic E-state index is 1.19. The predicted molar refractivity (Wildman–Crippen MR) is 65.5 cm³/mol. The molecule has 0 atom stereocenters. The summed E-state index contributed by atoms with van der Waals surface area (Å²) in [6.45, 7) is 0. The molecule has 1 aromatic heterocycles. The Hall–Kier alpha value is -2.15. The third-order valence-electron chi connectivity index (χ3n) is 2.74. The van der Waals surface area contributed by atoms with E-state index in [1.165, 1.54) is 16.6 Å². The Morgan fingerprint density at radius 1 is 0.625 bits per heavy atom. The minimum Gasteiger partial charge on any atom is -0.160 e. The Labute approximate surface area is 94.6 Å². The molecule has 0 saturated heterocycles. The Morgan fingerprint density at radius 3 is 2.19 bits per heavy atom. The quantitative estimate of drug-likeness (QED) is 0.539. The second-order valence-corrected chi connectivity index (χ2v) is 3.77. The maximum Gasteiger partial charge on any atom is 0.218 e. The molecule has 0 fully saturated rings. The van der Waals surface area contributed by atoms with Gasteiger partial charge in [-0.1, -0.05) is 30.3 Å². The van der Waals surface area contributed by atoms with E-state index in [1.54, 1.807) is 0 Å². The zero-order chi connectivity index (χ0) is 10.8. The fraction of sp³-hybridized carbons (Fsp3) is 0. The molecular formula is C15H12N+. The number of hydrogen-bond acceptors (Lipinski definition) is 0. The lowest BCUT2D eigenvalue weighted by Crippen LogP contribution is -2.30. The van der Waals surface area contributed by atoms with Crippen LogP contribution in [0, 0.1) is 0 Å². The smallest absolute Gasteiger partial charge is 0.160 e. The highest BCUT2D eigenvalue weighted by Crippen LogP contribution is 2.10. The molecule has 3 rings (SSSR count). The summed E-state index contributed by atoms with van der Waals surface area (Å²) in [4.78, 5) is 0. The zero-order valence-electron chi connectivity index (χ0n) is 8.88. The average molecular weight is 206 g/mol. The van der Waals surface area contributed by atoms with Gasteiger partial charge in [0.1, 0.15) is 0 Å². The molecule has 0 aliphatic carbocycles. The van der Waals surface area contributed by atoms with Gasteiger partial charge in [0, 0.05) is 29.7 Å². The molecule has 0 aliphatic heterocycles. The second-order valence-electron chi connectivity index (χ2n) is 3.77. The van der Waals surface area contributed by atoms with Gasteiger partial charge in [0.15, 0.2) is 6.20 Å². The van der Waals surface area contributed by atoms with Crippen LogP contribution in [0.5, 0.6) is 0 Å². The van der Waals surface area contributed by atoms with Gasteiger partial charge >= 0.3 is 0 Å². The number of nitrogens with zero attached hydrogens (tertiary/aromatic N) is 1. The maximum atomic E-state index is 2.20. The van der Waals surface area contributed by atoms with E-state index in [2.05, 4.69) is 71.4 Å². The molecule has 16 heavy (non-hydrogen) atoms. The molecule has 0 radical (unpaired) electrons. The molecule has 3 aromatic rings. The van der Waals surface area contributed by atoms with E-state index in [4.69, 9.17) is 0 Å². The number of hydrogen-bond donors (Lipinski definition) is 0. The average Bonchev–Trinajstić information content (AvgIpc) is 2.39. The number of para-hydroxylation sites is 2. The summed E-state index contributed by atoms with van der Waals surface area (Å²) in [6.07, 6.45) is 2.09. The lowest BCUT2D eigenvalue weighted by atomic mass is 10.2. The molecule has 0 spiro atoms. The van der Waals surface area contributed by atoms with Crippen LogP contribution < -0.4 is 4.57 Å². The molecule has 0 bridgehead atoms. The lowest BCUT2D eigenvalue weighted by molar-refractivity contribution is -0.567. The van der Waals surface area contributed by atoms with Crippen LogP contribution in [0.4, 0.5) is 0 Å². The number of aromatic nitrogens is 1. The molecule has 0 N–H and O–H groups in total. The van der Waals surface area contributed by atoms with E-state index in [9.17, 15) is 0 Å². The Morgan fingerprint density at radius 2 is 1.31 bits per heavy atom. The van der Waals surface area contributed by atoms with E-state index >= 15 is 0 Å². The number of benzene rings is 2. The highest BCUT2D eigenvalue weighted by atomic mass is 14.9. The van der Waals surface area contributed by atoms with Crippen LogP contribution >= 0.6 is 0 Å². The van der Waals surface area contributed by atoms with Crippen molar-refractivity contribution in [2.45, 2.75) is 0 Å². The molecule has 0 saturated carbocycles. The Bertz CT molecular complexity index is 609. The first-order valence-electron chi connectivity index (χ1n) is 5.40. The van der Waals surface area contributed by atoms with Crippen LogP contribution in [-0.2, 0) is 0 Å². The third kappa shape index (κ3) is 1.47. The van der Waals surface area contributed by atoms with Gasteiger partial charge in [0.2, 0.25) is 11.2 Å². The van der Waals surface area contributed by atoms with E-state index in [-0.39, 0.29) is 0 Å². The summed E-state index contributed by atoms with van der Waals surface area (Å²) in [5.74, 6) is 0. The highest BCUT2D eigenvalue weighted by Gasteiger charge is 2.09. The topological polar surface area (TPSA) is 3.88 Å². The molecule has 76 valence electrons. The van der Waals surface area contributed by atoms with Crippen molar-refractivity contribution < 1.29 is 4.57 Å². The van der Waals surface area contributed by atoms with Crippen LogP contribution in [-0.4, -0.2) is 0 Å². The first-order valence-corrected chi connectivity index (χ1v) is 5.40. The fourth-order valence-electron chi connectivity index (χ4n) is 1.97. The van der Waals surface area contributed by atoms with E-state index in [0.29, 0.717) is 0 Å². The molecule has 0 amide bonds. The molecule has 1 heteroatoms. The summed E-state index contributed by atoms with van der Waals surface area (Å²) in [6, 6.07) is 23.0. The number of rotatable bonds is 1. The monoisotopic (exact) mass is 206 g/mol. The lowest BCUT2D eigenvalue weighted by Gasteiger charge is -1.99. The largest absolute Gasteiger partial charge is 0.218 e. The van der Waals surface area contributed by atoms with Gasteiger partial charge in [-0.15, -0.1) is 0 Å². The van der Waals surface area contributed by atoms with E-state index in [0.717, 1.165) is 0 Å². The van der Waals surface area contributed by atoms with Gasteiger partial charge in [-0.2, -0.15) is 4.57 Å². The van der Waals surface area contributed by atoms with Crippen molar-refractivity contribution in [2.24, 2.45) is 0 Å². The zero-order valence-corrected chi connectivity index (χ0v) is 8.88. The van der Waals surface area contributed by atoms with Gasteiger partial charge < -0.3 is 0 Å². The van der Waals surface area contributed by atoms with Crippen molar-refractivity contribution in [1.29, 1.82) is 0 Å². The number of pyridine rings is 1. The first-order chi connectivity index (χ1) is 7.95. The van der Waals surface area contributed by atoms with E-state index in [1.807, 2.05) is 6.07 Å². The van der Waals surface area contributed by atoms with Crippen molar-refractivity contribution in [3.63, 3.8) is 0 Å². The summed E-state index contributed by atoms with van der Waals surface area (Å²) in [7, 11) is 0. The Balaban J connectivity index is 2.32. The molecule has 2 aromatic carbocycles. The van der Waals surface area contributed by atoms with Crippen LogP contribution in [0.25, 0.3) is 16.6 Å². The van der Waals surface area contributed by atoms with Crippen molar-refractivity contribution in [3.8, 4) is 5.69 Å². The molecule has 0 aliphatic rings. The molecule has 1 heterocycles. The summed E-state index contributed by atoms with van der Waals surface area (Å²) < 4.78 is 2.20. The minimum absolute atomic E-state index is 1.19. The van der Waals surface area contributed by atoms with Crippen LogP contribution in [0.15, 0.2) is 72.9 Å². The van der Waals surface area contributed by atoms with Crippen LogP contribution in [0.3, 0.4) is 0 Å². The van der Waals surface area contributed by atoms with Gasteiger partial charge in [0.25, 0.3) is 0 Å². The Kier molecular flexibility index (Phi) is 2.15. The summed E-state index contributed by atoms with van der Waals surface area (Å²) in [5, 5.41) is 1.26. The van der Waals surface area contributed by atoms with Crippen LogP contribution in [0.1, 0.15) is 0 Å². The van der Waals surface area contributed by atoms with Gasteiger partial charge in [0.05, 0.1) is 0 Å². The van der Waals surface area contributed by atoms with Crippen molar-refractivity contribution >= 4 is 10.9 Å². The van der Waals surface area contributed by atoms with Crippen molar-refractivity contribution in [1.82, 2.24) is 0 Å². The fourth-order valence-corrected chi connectivity index (χ4v) is 1.97.